The number of carbonyl (C=O) groups is 2. The largest absolute Gasteiger partial charge is 0.456 e. The van der Waals surface area contributed by atoms with Gasteiger partial charge in [0.2, 0.25) is 0 Å². The fourth-order valence-corrected chi connectivity index (χ4v) is 3.15. The van der Waals surface area contributed by atoms with Crippen LogP contribution in [0.5, 0.6) is 11.5 Å². The van der Waals surface area contributed by atoms with Gasteiger partial charge in [-0.15, -0.1) is 0 Å². The highest BCUT2D eigenvalue weighted by molar-refractivity contribution is 6.04. The van der Waals surface area contributed by atoms with Crippen LogP contribution in [0.3, 0.4) is 0 Å². The molecule has 0 aliphatic heterocycles. The van der Waals surface area contributed by atoms with Crippen molar-refractivity contribution in [2.75, 3.05) is 0 Å². The molecule has 0 heterocycles. The van der Waals surface area contributed by atoms with Crippen molar-refractivity contribution in [3.05, 3.63) is 83.9 Å². The predicted molar refractivity (Wildman–Crippen MR) is 98.7 cm³/mol. The van der Waals surface area contributed by atoms with Crippen LogP contribution in [-0.2, 0) is 0 Å². The highest BCUT2D eigenvalue weighted by Crippen LogP contribution is 2.36. The topological polar surface area (TPSA) is 43.4 Å². The van der Waals surface area contributed by atoms with Crippen LogP contribution in [0.15, 0.2) is 72.8 Å². The van der Waals surface area contributed by atoms with E-state index in [4.69, 9.17) is 4.74 Å². The zero-order valence-corrected chi connectivity index (χ0v) is 13.3. The monoisotopic (exact) mass is 326 g/mol. The minimum Gasteiger partial charge on any atom is -0.456 e. The lowest BCUT2D eigenvalue weighted by molar-refractivity contribution is 0.111. The smallest absolute Gasteiger partial charge is 0.150 e. The van der Waals surface area contributed by atoms with Crippen molar-refractivity contribution in [3.63, 3.8) is 0 Å². The molecule has 0 atom stereocenters. The van der Waals surface area contributed by atoms with Crippen LogP contribution in [0, 0.1) is 0 Å². The fourth-order valence-electron chi connectivity index (χ4n) is 3.15. The Morgan fingerprint density at radius 1 is 0.560 bits per heavy atom. The summed E-state index contributed by atoms with van der Waals surface area (Å²) in [4.78, 5) is 22.9. The van der Waals surface area contributed by atoms with E-state index in [1.165, 1.54) is 0 Å². The lowest BCUT2D eigenvalue weighted by Gasteiger charge is -2.13. The summed E-state index contributed by atoms with van der Waals surface area (Å²) in [6.07, 6.45) is 1.66. The molecule has 0 radical (unpaired) electrons. The molecule has 0 aliphatic carbocycles. The Kier molecular flexibility index (Phi) is 3.75. The van der Waals surface area contributed by atoms with E-state index in [1.54, 1.807) is 12.1 Å². The average Bonchev–Trinajstić information content (AvgIpc) is 2.67. The van der Waals surface area contributed by atoms with Crippen LogP contribution in [0.2, 0.25) is 0 Å². The quantitative estimate of drug-likeness (QED) is 0.471. The lowest BCUT2D eigenvalue weighted by atomic mass is 10.0. The van der Waals surface area contributed by atoms with E-state index in [2.05, 4.69) is 0 Å². The summed E-state index contributed by atoms with van der Waals surface area (Å²) in [5, 5.41) is 3.39. The molecule has 0 unspecified atom stereocenters. The molecule has 0 amide bonds. The number of benzene rings is 4. The Morgan fingerprint density at radius 2 is 0.960 bits per heavy atom. The van der Waals surface area contributed by atoms with E-state index in [9.17, 15) is 9.59 Å². The maximum absolute atomic E-state index is 11.4. The summed E-state index contributed by atoms with van der Waals surface area (Å²) >= 11 is 0. The van der Waals surface area contributed by atoms with Crippen LogP contribution in [-0.4, -0.2) is 12.6 Å². The Hall–Kier alpha value is -3.46. The number of hydrogen-bond acceptors (Lipinski definition) is 3. The summed E-state index contributed by atoms with van der Waals surface area (Å²) in [5.41, 5.74) is 1.15. The summed E-state index contributed by atoms with van der Waals surface area (Å²) in [5.74, 6) is 1.18. The number of ether oxygens (including phenoxy) is 1. The van der Waals surface area contributed by atoms with Crippen molar-refractivity contribution in [2.45, 2.75) is 0 Å². The molecule has 25 heavy (non-hydrogen) atoms. The molecule has 0 bridgehead atoms. The SMILES string of the molecule is O=Cc1cccc2cccc(Oc3cccc4cccc(C=O)c34)c12. The Balaban J connectivity index is 1.95. The maximum Gasteiger partial charge on any atom is 0.150 e. The molecule has 120 valence electrons. The van der Waals surface area contributed by atoms with Crippen molar-refractivity contribution < 1.29 is 14.3 Å². The second kappa shape index (κ2) is 6.21. The van der Waals surface area contributed by atoms with Gasteiger partial charge in [0.05, 0.1) is 0 Å². The van der Waals surface area contributed by atoms with Gasteiger partial charge in [0.15, 0.2) is 12.6 Å². The van der Waals surface area contributed by atoms with Gasteiger partial charge in [0, 0.05) is 21.9 Å². The highest BCUT2D eigenvalue weighted by atomic mass is 16.5. The summed E-state index contributed by atoms with van der Waals surface area (Å²) in [6, 6.07) is 22.4. The van der Waals surface area contributed by atoms with Crippen LogP contribution in [0.4, 0.5) is 0 Å². The molecule has 3 heteroatoms. The second-order valence-electron chi connectivity index (χ2n) is 5.74. The molecular weight excluding hydrogens is 312 g/mol. The molecule has 3 nitrogen and oxygen atoms in total. The van der Waals surface area contributed by atoms with Crippen molar-refractivity contribution in [3.8, 4) is 11.5 Å². The third kappa shape index (κ3) is 2.56. The predicted octanol–water partition coefficient (Wildman–Crippen LogP) is 5.41. The van der Waals surface area contributed by atoms with Crippen LogP contribution >= 0.6 is 0 Å². The van der Waals surface area contributed by atoms with Gasteiger partial charge in [-0.2, -0.15) is 0 Å². The Bertz CT molecular complexity index is 1010. The minimum absolute atomic E-state index is 0.573. The van der Waals surface area contributed by atoms with Gasteiger partial charge in [-0.3, -0.25) is 9.59 Å². The maximum atomic E-state index is 11.4. The molecule has 4 aromatic carbocycles. The minimum atomic E-state index is 0.573. The molecule has 4 aromatic rings. The summed E-state index contributed by atoms with van der Waals surface area (Å²) in [6.45, 7) is 0. The fraction of sp³-hybridized carbons (Fsp3) is 0. The zero-order valence-electron chi connectivity index (χ0n) is 13.3. The molecule has 0 saturated carbocycles. The molecule has 0 aliphatic rings. The van der Waals surface area contributed by atoms with Gasteiger partial charge in [-0.05, 0) is 22.9 Å². The Labute approximate surface area is 144 Å². The molecule has 0 aromatic heterocycles. The third-order valence-electron chi connectivity index (χ3n) is 4.27. The number of carbonyl (C=O) groups excluding carboxylic acids is 2. The van der Waals surface area contributed by atoms with Gasteiger partial charge in [-0.25, -0.2) is 0 Å². The van der Waals surface area contributed by atoms with Crippen molar-refractivity contribution in [2.24, 2.45) is 0 Å². The van der Waals surface area contributed by atoms with Crippen LogP contribution < -0.4 is 4.74 Å². The van der Waals surface area contributed by atoms with Gasteiger partial charge in [-0.1, -0.05) is 60.7 Å². The molecule has 0 saturated heterocycles. The Morgan fingerprint density at radius 3 is 1.36 bits per heavy atom. The number of aldehydes is 2. The summed E-state index contributed by atoms with van der Waals surface area (Å²) < 4.78 is 6.17. The van der Waals surface area contributed by atoms with Crippen molar-refractivity contribution >= 4 is 34.1 Å². The first-order valence-electron chi connectivity index (χ1n) is 7.93. The van der Waals surface area contributed by atoms with E-state index < -0.39 is 0 Å². The number of fused-ring (bicyclic) bond motifs is 2. The van der Waals surface area contributed by atoms with E-state index >= 15 is 0 Å². The number of hydrogen-bond donors (Lipinski definition) is 0. The normalized spacial score (nSPS) is 10.7. The molecule has 0 N–H and O–H groups in total. The standard InChI is InChI=1S/C22H14O3/c23-13-17-9-1-5-15-7-3-11-19(21(15)17)25-20-12-4-8-16-6-2-10-18(14-24)22(16)20/h1-14H. The lowest BCUT2D eigenvalue weighted by Crippen LogP contribution is -1.92. The molecular formula is C22H14O3. The van der Waals surface area contributed by atoms with Crippen molar-refractivity contribution in [1.82, 2.24) is 0 Å². The third-order valence-corrected chi connectivity index (χ3v) is 4.27. The van der Waals surface area contributed by atoms with Gasteiger partial charge >= 0.3 is 0 Å². The van der Waals surface area contributed by atoms with Crippen molar-refractivity contribution in [1.29, 1.82) is 0 Å². The first-order valence-corrected chi connectivity index (χ1v) is 7.93. The second-order valence-corrected chi connectivity index (χ2v) is 5.74. The molecule has 4 rings (SSSR count). The average molecular weight is 326 g/mol. The van der Waals surface area contributed by atoms with E-state index in [0.29, 0.717) is 22.6 Å². The van der Waals surface area contributed by atoms with Gasteiger partial charge in [0.1, 0.15) is 11.5 Å². The first-order chi connectivity index (χ1) is 12.3. The van der Waals surface area contributed by atoms with E-state index in [-0.39, 0.29) is 0 Å². The van der Waals surface area contributed by atoms with E-state index in [1.807, 2.05) is 60.7 Å². The molecule has 0 spiro atoms. The number of rotatable bonds is 4. The van der Waals surface area contributed by atoms with E-state index in [0.717, 1.165) is 34.1 Å². The van der Waals surface area contributed by atoms with Crippen LogP contribution in [0.25, 0.3) is 21.5 Å². The zero-order chi connectivity index (χ0) is 17.2. The first kappa shape index (κ1) is 15.1. The molecule has 0 fully saturated rings. The van der Waals surface area contributed by atoms with Crippen LogP contribution in [0.1, 0.15) is 20.7 Å². The van der Waals surface area contributed by atoms with Gasteiger partial charge < -0.3 is 4.74 Å². The van der Waals surface area contributed by atoms with Gasteiger partial charge in [0.25, 0.3) is 0 Å². The summed E-state index contributed by atoms with van der Waals surface area (Å²) in [7, 11) is 0. The highest BCUT2D eigenvalue weighted by Gasteiger charge is 2.11.